The van der Waals surface area contributed by atoms with Crippen LogP contribution in [0.5, 0.6) is 0 Å². The van der Waals surface area contributed by atoms with Gasteiger partial charge in [0.2, 0.25) is 0 Å². The number of esters is 1. The first kappa shape index (κ1) is 12.6. The molecule has 3 heteroatoms. The number of hydrogen-bond donors (Lipinski definition) is 1. The van der Waals surface area contributed by atoms with Gasteiger partial charge in [0.25, 0.3) is 0 Å². The van der Waals surface area contributed by atoms with Crippen molar-refractivity contribution in [2.45, 2.75) is 57.5 Å². The van der Waals surface area contributed by atoms with Crippen molar-refractivity contribution in [3.05, 3.63) is 11.6 Å². The number of fused-ring (bicyclic) bond motifs is 1. The third-order valence-electron chi connectivity index (χ3n) is 4.18. The smallest absolute Gasteiger partial charge is 0.330 e. The van der Waals surface area contributed by atoms with E-state index in [0.717, 1.165) is 37.7 Å². The van der Waals surface area contributed by atoms with E-state index in [1.807, 2.05) is 0 Å². The molecule has 0 amide bonds. The summed E-state index contributed by atoms with van der Waals surface area (Å²) in [6.45, 7) is 2.19. The minimum atomic E-state index is -0.719. The molecule has 2 aliphatic rings. The maximum Gasteiger partial charge on any atom is 0.330 e. The van der Waals surface area contributed by atoms with E-state index in [2.05, 4.69) is 0 Å². The molecular weight excluding hydrogens is 216 g/mol. The average Bonchev–Trinajstić information content (AvgIpc) is 2.48. The topological polar surface area (TPSA) is 46.5 Å². The molecule has 2 fully saturated rings. The first-order chi connectivity index (χ1) is 8.16. The Morgan fingerprint density at radius 2 is 2.29 bits per heavy atom. The van der Waals surface area contributed by atoms with Crippen molar-refractivity contribution in [3.63, 3.8) is 0 Å². The second-order valence-corrected chi connectivity index (χ2v) is 5.18. The highest BCUT2D eigenvalue weighted by Gasteiger charge is 2.45. The van der Waals surface area contributed by atoms with E-state index in [1.54, 1.807) is 6.92 Å². The fourth-order valence-corrected chi connectivity index (χ4v) is 3.28. The Balaban J connectivity index is 2.15. The highest BCUT2D eigenvalue weighted by Crippen LogP contribution is 2.47. The van der Waals surface area contributed by atoms with E-state index in [0.29, 0.717) is 12.5 Å². The van der Waals surface area contributed by atoms with E-state index >= 15 is 0 Å². The van der Waals surface area contributed by atoms with Crippen LogP contribution in [0, 0.1) is 5.92 Å². The predicted octanol–water partition coefficient (Wildman–Crippen LogP) is 2.58. The van der Waals surface area contributed by atoms with Crippen molar-refractivity contribution < 1.29 is 14.6 Å². The van der Waals surface area contributed by atoms with Crippen LogP contribution in [0.3, 0.4) is 0 Å². The SMILES string of the molecule is CCOC(=O)/C=C1\CC[C@@H]2CCCCC[C@]12O. The lowest BCUT2D eigenvalue weighted by molar-refractivity contribution is -0.137. The van der Waals surface area contributed by atoms with E-state index in [4.69, 9.17) is 4.74 Å². The average molecular weight is 238 g/mol. The van der Waals surface area contributed by atoms with Crippen LogP contribution in [-0.2, 0) is 9.53 Å². The molecule has 17 heavy (non-hydrogen) atoms. The lowest BCUT2D eigenvalue weighted by atomic mass is 9.84. The highest BCUT2D eigenvalue weighted by molar-refractivity contribution is 5.83. The van der Waals surface area contributed by atoms with Crippen molar-refractivity contribution in [2.75, 3.05) is 6.61 Å². The molecule has 0 saturated heterocycles. The first-order valence-corrected chi connectivity index (χ1v) is 6.77. The molecule has 3 nitrogen and oxygen atoms in total. The summed E-state index contributed by atoms with van der Waals surface area (Å²) in [5, 5.41) is 10.8. The highest BCUT2D eigenvalue weighted by atomic mass is 16.5. The summed E-state index contributed by atoms with van der Waals surface area (Å²) < 4.78 is 4.93. The van der Waals surface area contributed by atoms with Gasteiger partial charge in [-0.1, -0.05) is 19.3 Å². The van der Waals surface area contributed by atoms with Gasteiger partial charge in [-0.15, -0.1) is 0 Å². The van der Waals surface area contributed by atoms with Gasteiger partial charge in [0, 0.05) is 6.08 Å². The van der Waals surface area contributed by atoms with Crippen molar-refractivity contribution in [3.8, 4) is 0 Å². The van der Waals surface area contributed by atoms with Crippen LogP contribution >= 0.6 is 0 Å². The first-order valence-electron chi connectivity index (χ1n) is 6.77. The van der Waals surface area contributed by atoms with Crippen molar-refractivity contribution in [2.24, 2.45) is 5.92 Å². The Bertz CT molecular complexity index is 321. The lowest BCUT2D eigenvalue weighted by Crippen LogP contribution is -2.34. The van der Waals surface area contributed by atoms with Gasteiger partial charge < -0.3 is 9.84 Å². The molecule has 1 N–H and O–H groups in total. The summed E-state index contributed by atoms with van der Waals surface area (Å²) >= 11 is 0. The number of rotatable bonds is 2. The normalized spacial score (nSPS) is 35.4. The largest absolute Gasteiger partial charge is 0.463 e. The lowest BCUT2D eigenvalue weighted by Gasteiger charge is -2.29. The second kappa shape index (κ2) is 5.21. The van der Waals surface area contributed by atoms with Gasteiger partial charge in [-0.05, 0) is 44.1 Å². The Morgan fingerprint density at radius 1 is 1.47 bits per heavy atom. The number of hydrogen-bond acceptors (Lipinski definition) is 3. The van der Waals surface area contributed by atoms with Gasteiger partial charge in [0.1, 0.15) is 0 Å². The minimum absolute atomic E-state index is 0.305. The molecule has 0 heterocycles. The predicted molar refractivity (Wildman–Crippen MR) is 65.5 cm³/mol. The molecule has 2 saturated carbocycles. The molecule has 0 aliphatic heterocycles. The number of carbonyl (C=O) groups excluding carboxylic acids is 1. The third-order valence-corrected chi connectivity index (χ3v) is 4.18. The zero-order valence-electron chi connectivity index (χ0n) is 10.6. The Kier molecular flexibility index (Phi) is 3.87. The van der Waals surface area contributed by atoms with Crippen LogP contribution in [-0.4, -0.2) is 23.3 Å². The molecule has 96 valence electrons. The zero-order chi connectivity index (χ0) is 12.3. The molecule has 2 rings (SSSR count). The monoisotopic (exact) mass is 238 g/mol. The molecule has 0 unspecified atom stereocenters. The van der Waals surface area contributed by atoms with E-state index < -0.39 is 5.60 Å². The maximum atomic E-state index is 11.5. The summed E-state index contributed by atoms with van der Waals surface area (Å²) in [7, 11) is 0. The van der Waals surface area contributed by atoms with Gasteiger partial charge in [-0.25, -0.2) is 4.79 Å². The van der Waals surface area contributed by atoms with Gasteiger partial charge in [0.15, 0.2) is 0 Å². The quantitative estimate of drug-likeness (QED) is 0.594. The molecule has 0 radical (unpaired) electrons. The summed E-state index contributed by atoms with van der Waals surface area (Å²) in [5.41, 5.74) is 0.186. The molecule has 2 aliphatic carbocycles. The standard InChI is InChI=1S/C14H22O3/c1-2-17-13(15)10-12-8-7-11-6-4-3-5-9-14(11,12)16/h10-11,16H,2-9H2,1H3/b12-10+/t11-,14+/m0/s1. The number of carbonyl (C=O) groups is 1. The fourth-order valence-electron chi connectivity index (χ4n) is 3.28. The third kappa shape index (κ3) is 2.54. The van der Waals surface area contributed by atoms with E-state index in [9.17, 15) is 9.90 Å². The van der Waals surface area contributed by atoms with Gasteiger partial charge in [-0.3, -0.25) is 0 Å². The van der Waals surface area contributed by atoms with Crippen LogP contribution in [0.2, 0.25) is 0 Å². The molecule has 0 spiro atoms. The molecule has 0 aromatic heterocycles. The van der Waals surface area contributed by atoms with Crippen LogP contribution in [0.1, 0.15) is 51.9 Å². The van der Waals surface area contributed by atoms with Crippen molar-refractivity contribution in [1.82, 2.24) is 0 Å². The summed E-state index contributed by atoms with van der Waals surface area (Å²) in [6.07, 6.45) is 8.77. The van der Waals surface area contributed by atoms with Gasteiger partial charge in [0.05, 0.1) is 12.2 Å². The van der Waals surface area contributed by atoms with Crippen LogP contribution in [0.25, 0.3) is 0 Å². The second-order valence-electron chi connectivity index (χ2n) is 5.18. The van der Waals surface area contributed by atoms with Gasteiger partial charge in [-0.2, -0.15) is 0 Å². The summed E-state index contributed by atoms with van der Waals surface area (Å²) in [4.78, 5) is 11.5. The van der Waals surface area contributed by atoms with Crippen molar-refractivity contribution in [1.29, 1.82) is 0 Å². The van der Waals surface area contributed by atoms with Crippen LogP contribution in [0.15, 0.2) is 11.6 Å². The molecule has 0 aromatic carbocycles. The summed E-state index contributed by atoms with van der Waals surface area (Å²) in [6, 6.07) is 0. The maximum absolute atomic E-state index is 11.5. The van der Waals surface area contributed by atoms with E-state index in [1.165, 1.54) is 18.9 Å². The number of aliphatic hydroxyl groups is 1. The zero-order valence-corrected chi connectivity index (χ0v) is 10.6. The van der Waals surface area contributed by atoms with Gasteiger partial charge >= 0.3 is 5.97 Å². The van der Waals surface area contributed by atoms with Crippen LogP contribution < -0.4 is 0 Å². The Labute approximate surface area is 103 Å². The Hall–Kier alpha value is -0.830. The minimum Gasteiger partial charge on any atom is -0.463 e. The molecular formula is C14H22O3. The van der Waals surface area contributed by atoms with Crippen molar-refractivity contribution >= 4 is 5.97 Å². The molecule has 2 atom stereocenters. The summed E-state index contributed by atoms with van der Waals surface area (Å²) in [5.74, 6) is 0.0477. The molecule has 0 aromatic rings. The Morgan fingerprint density at radius 3 is 3.06 bits per heavy atom. The fraction of sp³-hybridized carbons (Fsp3) is 0.786. The van der Waals surface area contributed by atoms with E-state index in [-0.39, 0.29) is 5.97 Å². The molecule has 0 bridgehead atoms. The van der Waals surface area contributed by atoms with Crippen LogP contribution in [0.4, 0.5) is 0 Å². The number of ether oxygens (including phenoxy) is 1.